The van der Waals surface area contributed by atoms with Crippen LogP contribution in [0.25, 0.3) is 6.08 Å². The van der Waals surface area contributed by atoms with Gasteiger partial charge in [0, 0.05) is 18.2 Å². The molecule has 0 saturated heterocycles. The molecule has 1 aliphatic carbocycles. The molecule has 0 saturated carbocycles. The molecule has 56 valence electrons. The summed E-state index contributed by atoms with van der Waals surface area (Å²) in [6, 6.07) is 1.83. The Labute approximate surface area is 70.7 Å². The molecule has 0 fully saturated rings. The number of nitrogens with zero attached hydrogens (tertiary/aromatic N) is 1. The minimum atomic E-state index is 0.812. The first-order valence-electron chi connectivity index (χ1n) is 3.58. The van der Waals surface area contributed by atoms with E-state index < -0.39 is 0 Å². The number of hydrogen-bond donors (Lipinski definition) is 0. The van der Waals surface area contributed by atoms with E-state index in [-0.39, 0.29) is 0 Å². The Morgan fingerprint density at radius 2 is 2.36 bits per heavy atom. The number of rotatable bonds is 0. The number of allylic oxidation sites excluding steroid dienone is 1. The van der Waals surface area contributed by atoms with Gasteiger partial charge in [0.2, 0.25) is 0 Å². The van der Waals surface area contributed by atoms with E-state index in [1.54, 1.807) is 6.20 Å². The topological polar surface area (TPSA) is 12.9 Å². The van der Waals surface area contributed by atoms with Crippen LogP contribution >= 0.6 is 11.6 Å². The zero-order chi connectivity index (χ0) is 7.84. The van der Waals surface area contributed by atoms with Crippen molar-refractivity contribution >= 4 is 17.7 Å². The van der Waals surface area contributed by atoms with Crippen molar-refractivity contribution in [2.75, 3.05) is 0 Å². The average molecular weight is 166 g/mol. The van der Waals surface area contributed by atoms with Gasteiger partial charge in [-0.05, 0) is 13.0 Å². The summed E-state index contributed by atoms with van der Waals surface area (Å²) in [5, 5.41) is 0.812. The molecule has 1 heterocycles. The van der Waals surface area contributed by atoms with Crippen LogP contribution in [-0.2, 0) is 6.42 Å². The van der Waals surface area contributed by atoms with Crippen LogP contribution < -0.4 is 0 Å². The molecule has 1 nitrogen and oxygen atoms in total. The van der Waals surface area contributed by atoms with E-state index in [9.17, 15) is 0 Å². The van der Waals surface area contributed by atoms with Gasteiger partial charge < -0.3 is 0 Å². The maximum Gasteiger partial charge on any atom is 0.0531 e. The normalized spacial score (nSPS) is 14.5. The van der Waals surface area contributed by atoms with Crippen LogP contribution in [0.15, 0.2) is 17.8 Å². The van der Waals surface area contributed by atoms with Gasteiger partial charge in [-0.15, -0.1) is 0 Å². The first-order valence-corrected chi connectivity index (χ1v) is 3.96. The molecule has 0 aromatic carbocycles. The Balaban J connectivity index is 2.61. The molecule has 2 heteroatoms. The Hall–Kier alpha value is -0.820. The molecule has 0 aliphatic heterocycles. The monoisotopic (exact) mass is 165 g/mol. The van der Waals surface area contributed by atoms with Crippen LogP contribution in [0.2, 0.25) is 5.02 Å². The predicted molar refractivity (Wildman–Crippen MR) is 46.6 cm³/mol. The molecule has 1 aromatic heterocycles. The molecule has 1 aromatic rings. The number of pyridine rings is 1. The molecule has 0 amide bonds. The Morgan fingerprint density at radius 3 is 3.09 bits per heavy atom. The first kappa shape index (κ1) is 6.86. The summed E-state index contributed by atoms with van der Waals surface area (Å²) < 4.78 is 0. The zero-order valence-electron chi connectivity index (χ0n) is 6.26. The van der Waals surface area contributed by atoms with Gasteiger partial charge >= 0.3 is 0 Å². The molecule has 2 rings (SSSR count). The van der Waals surface area contributed by atoms with Crippen molar-refractivity contribution in [1.82, 2.24) is 4.98 Å². The van der Waals surface area contributed by atoms with Gasteiger partial charge in [0.05, 0.1) is 10.7 Å². The highest BCUT2D eigenvalue weighted by atomic mass is 35.5. The highest BCUT2D eigenvalue weighted by Gasteiger charge is 2.12. The van der Waals surface area contributed by atoms with E-state index in [1.165, 1.54) is 5.57 Å². The highest BCUT2D eigenvalue weighted by Crippen LogP contribution is 2.28. The summed E-state index contributed by atoms with van der Waals surface area (Å²) in [5.41, 5.74) is 3.54. The van der Waals surface area contributed by atoms with Crippen LogP contribution in [-0.4, -0.2) is 4.98 Å². The van der Waals surface area contributed by atoms with Gasteiger partial charge in [-0.25, -0.2) is 0 Å². The minimum Gasteiger partial charge on any atom is -0.260 e. The SMILES string of the molecule is CC1=Cc2c(Cl)ccnc2C1. The fourth-order valence-corrected chi connectivity index (χ4v) is 1.56. The number of fused-ring (bicyclic) bond motifs is 1. The second kappa shape index (κ2) is 2.35. The number of halogens is 1. The lowest BCUT2D eigenvalue weighted by Crippen LogP contribution is -1.87. The average Bonchev–Trinajstić information content (AvgIpc) is 2.31. The summed E-state index contributed by atoms with van der Waals surface area (Å²) >= 11 is 5.95. The molecule has 0 unspecified atom stereocenters. The third-order valence-corrected chi connectivity index (χ3v) is 2.19. The minimum absolute atomic E-state index is 0.812. The third-order valence-electron chi connectivity index (χ3n) is 1.86. The lowest BCUT2D eigenvalue weighted by molar-refractivity contribution is 1.08. The van der Waals surface area contributed by atoms with E-state index in [4.69, 9.17) is 11.6 Å². The molecule has 0 spiro atoms. The van der Waals surface area contributed by atoms with Crippen molar-refractivity contribution in [3.05, 3.63) is 34.1 Å². The largest absolute Gasteiger partial charge is 0.260 e. The number of hydrogen-bond acceptors (Lipinski definition) is 1. The zero-order valence-corrected chi connectivity index (χ0v) is 7.02. The van der Waals surface area contributed by atoms with Gasteiger partial charge in [-0.3, -0.25) is 4.98 Å². The van der Waals surface area contributed by atoms with Gasteiger partial charge in [0.1, 0.15) is 0 Å². The standard InChI is InChI=1S/C9H8ClN/c1-6-4-7-8(10)2-3-11-9(7)5-6/h2-4H,5H2,1H3. The second-order valence-corrected chi connectivity index (χ2v) is 3.23. The maximum atomic E-state index is 5.95. The molecule has 1 aliphatic rings. The quantitative estimate of drug-likeness (QED) is 0.576. The molecule has 0 radical (unpaired) electrons. The summed E-state index contributed by atoms with van der Waals surface area (Å²) in [7, 11) is 0. The van der Waals surface area contributed by atoms with Gasteiger partial charge in [0.25, 0.3) is 0 Å². The van der Waals surface area contributed by atoms with E-state index >= 15 is 0 Å². The van der Waals surface area contributed by atoms with Gasteiger partial charge in [0.15, 0.2) is 0 Å². The van der Waals surface area contributed by atoms with Crippen molar-refractivity contribution in [2.24, 2.45) is 0 Å². The van der Waals surface area contributed by atoms with Crippen LogP contribution in [0, 0.1) is 0 Å². The van der Waals surface area contributed by atoms with Crippen molar-refractivity contribution < 1.29 is 0 Å². The Morgan fingerprint density at radius 1 is 1.55 bits per heavy atom. The molecular formula is C9H8ClN. The van der Waals surface area contributed by atoms with E-state index in [1.807, 2.05) is 6.07 Å². The lowest BCUT2D eigenvalue weighted by atomic mass is 10.2. The van der Waals surface area contributed by atoms with Crippen molar-refractivity contribution in [2.45, 2.75) is 13.3 Å². The molecule has 0 N–H and O–H groups in total. The Kier molecular flexibility index (Phi) is 1.46. The van der Waals surface area contributed by atoms with Gasteiger partial charge in [-0.1, -0.05) is 23.3 Å². The molecule has 11 heavy (non-hydrogen) atoms. The highest BCUT2D eigenvalue weighted by molar-refractivity contribution is 6.32. The summed E-state index contributed by atoms with van der Waals surface area (Å²) in [4.78, 5) is 4.23. The van der Waals surface area contributed by atoms with Crippen molar-refractivity contribution in [3.8, 4) is 0 Å². The summed E-state index contributed by atoms with van der Waals surface area (Å²) in [6.07, 6.45) is 4.81. The predicted octanol–water partition coefficient (Wildman–Crippen LogP) is 2.69. The molecule has 0 bridgehead atoms. The van der Waals surface area contributed by atoms with Crippen LogP contribution in [0.3, 0.4) is 0 Å². The van der Waals surface area contributed by atoms with Crippen LogP contribution in [0.4, 0.5) is 0 Å². The van der Waals surface area contributed by atoms with Gasteiger partial charge in [-0.2, -0.15) is 0 Å². The lowest BCUT2D eigenvalue weighted by Gasteiger charge is -1.97. The first-order chi connectivity index (χ1) is 5.27. The Bertz CT molecular complexity index is 328. The number of aromatic nitrogens is 1. The van der Waals surface area contributed by atoms with Crippen LogP contribution in [0.5, 0.6) is 0 Å². The second-order valence-electron chi connectivity index (χ2n) is 2.82. The summed E-state index contributed by atoms with van der Waals surface area (Å²) in [6.45, 7) is 2.10. The smallest absolute Gasteiger partial charge is 0.0531 e. The van der Waals surface area contributed by atoms with E-state index in [0.29, 0.717) is 0 Å². The molecule has 0 atom stereocenters. The third kappa shape index (κ3) is 1.05. The van der Waals surface area contributed by atoms with E-state index in [0.717, 1.165) is 22.7 Å². The molecular weight excluding hydrogens is 158 g/mol. The van der Waals surface area contributed by atoms with Crippen molar-refractivity contribution in [3.63, 3.8) is 0 Å². The fraction of sp³-hybridized carbons (Fsp3) is 0.222. The fourth-order valence-electron chi connectivity index (χ4n) is 1.34. The summed E-state index contributed by atoms with van der Waals surface area (Å²) in [5.74, 6) is 0. The van der Waals surface area contributed by atoms with Crippen molar-refractivity contribution in [1.29, 1.82) is 0 Å². The maximum absolute atomic E-state index is 5.95. The van der Waals surface area contributed by atoms with Crippen LogP contribution in [0.1, 0.15) is 18.2 Å². The van der Waals surface area contributed by atoms with E-state index in [2.05, 4.69) is 18.0 Å².